The molecule has 5 heterocycles. The van der Waals surface area contributed by atoms with Crippen molar-refractivity contribution < 1.29 is 80.2 Å². The Morgan fingerprint density at radius 2 is 1.64 bits per heavy atom. The van der Waals surface area contributed by atoms with Crippen molar-refractivity contribution in [3.8, 4) is 0 Å². The van der Waals surface area contributed by atoms with Crippen LogP contribution in [-0.4, -0.2) is 214 Å². The van der Waals surface area contributed by atoms with Gasteiger partial charge in [0.05, 0.1) is 52.8 Å². The average Bonchev–Trinajstić information content (AvgIpc) is 3.69. The highest BCUT2D eigenvalue weighted by Crippen LogP contribution is 2.43. The van der Waals surface area contributed by atoms with Crippen LogP contribution in [0.25, 0.3) is 10.9 Å². The van der Waals surface area contributed by atoms with Gasteiger partial charge in [0.15, 0.2) is 24.3 Å². The van der Waals surface area contributed by atoms with Crippen molar-refractivity contribution in [2.45, 2.75) is 198 Å². The maximum Gasteiger partial charge on any atom is 0.509 e. The number of aryl methyl sites for hydroxylation is 1. The van der Waals surface area contributed by atoms with Crippen LogP contribution in [0.3, 0.4) is 0 Å². The van der Waals surface area contributed by atoms with Crippen LogP contribution >= 0.6 is 0 Å². The van der Waals surface area contributed by atoms with Gasteiger partial charge in [-0.1, -0.05) is 26.8 Å². The lowest BCUT2D eigenvalue weighted by molar-refractivity contribution is -0.316. The maximum atomic E-state index is 14.8. The van der Waals surface area contributed by atoms with Crippen molar-refractivity contribution >= 4 is 39.1 Å². The normalized spacial score (nSPS) is 37.1. The predicted octanol–water partition coefficient (Wildman–Crippen LogP) is 3.87. The number of methoxy groups -OCH3 is 1. The number of hydrogen-bond acceptors (Lipinski definition) is 21. The number of hydrogen-bond donors (Lipinski definition) is 4. The second kappa shape index (κ2) is 26.3. The molecule has 2 aromatic rings. The van der Waals surface area contributed by atoms with Crippen LogP contribution in [0, 0.1) is 17.8 Å². The molecule has 4 aliphatic heterocycles. The van der Waals surface area contributed by atoms with Crippen LogP contribution in [0.1, 0.15) is 117 Å². The summed E-state index contributed by atoms with van der Waals surface area (Å²) in [4.78, 5) is 56.6. The molecule has 4 saturated heterocycles. The van der Waals surface area contributed by atoms with Crippen LogP contribution in [0.2, 0.25) is 0 Å². The minimum atomic E-state index is -4.21. The fourth-order valence-electron chi connectivity index (χ4n) is 12.5. The predicted molar refractivity (Wildman–Crippen MR) is 296 cm³/mol. The van der Waals surface area contributed by atoms with Gasteiger partial charge in [0.1, 0.15) is 23.9 Å². The van der Waals surface area contributed by atoms with E-state index in [1.54, 1.807) is 77.5 Å². The minimum absolute atomic E-state index is 0.0494. The van der Waals surface area contributed by atoms with E-state index >= 15 is 0 Å². The number of nitrogens with zero attached hydrogens (tertiary/aromatic N) is 4. The van der Waals surface area contributed by atoms with Gasteiger partial charge in [0.2, 0.25) is 5.43 Å². The van der Waals surface area contributed by atoms with Gasteiger partial charge in [0.25, 0.3) is 10.1 Å². The van der Waals surface area contributed by atoms with Crippen molar-refractivity contribution in [1.29, 1.82) is 0 Å². The first-order valence-electron chi connectivity index (χ1n) is 28.0. The first kappa shape index (κ1) is 65.1. The third-order valence-corrected chi connectivity index (χ3v) is 18.1. The van der Waals surface area contributed by atoms with E-state index in [1.807, 2.05) is 64.7 Å². The van der Waals surface area contributed by atoms with Gasteiger partial charge in [-0.25, -0.2) is 9.59 Å². The largest absolute Gasteiger partial charge is 0.509 e. The molecule has 0 saturated carbocycles. The summed E-state index contributed by atoms with van der Waals surface area (Å²) < 4.78 is 85.6. The number of aliphatic hydroxyl groups is 2. The molecule has 4 fully saturated rings. The monoisotopic (exact) mass is 1150 g/mol. The van der Waals surface area contributed by atoms with E-state index in [-0.39, 0.29) is 60.6 Å². The third-order valence-electron chi connectivity index (χ3n) is 16.9. The van der Waals surface area contributed by atoms with Gasteiger partial charge in [-0.2, -0.15) is 8.42 Å². The fourth-order valence-corrected chi connectivity index (χ4v) is 13.6. The molecule has 4 N–H and O–H groups in total. The number of aromatic carboxylic acids is 1. The SMILES string of the molecule is CC[C@H]1OC(=O)[C@H](C)[C@@H](O[C@H]2C[C@@](C)(OC)[C@@H](OS(=O)(=O)CCNCCCc3ccc4c(c3)c(=O)c(C(=O)O)cn4N(C)C)[C@H](C)O2)[C@H](C)[C@@H](O[C@@H]2O[C@H](C)C[C@H](N(C)C)[C@H]2O)[C@](C)(O)C[C@@H](C)CN(C)[C@H](C)[C@H]2OC(=O)O[C@@]21C. The second-order valence-electron chi connectivity index (χ2n) is 24.0. The summed E-state index contributed by atoms with van der Waals surface area (Å²) in [5, 5.41) is 39.4. The van der Waals surface area contributed by atoms with Crippen LogP contribution in [-0.2, 0) is 63.4 Å². The standard InChI is InChI=1S/C56H91N5O18S/c1-17-42-56(10)48(77-53(67)78-56)35(6)60(15)29-31(2)27-54(8,68)47(76-52-45(63)41(58(11)12)25-32(3)72-52)33(4)46(34(5)51(66)74-42)75-43-28-55(9,71-16)49(36(7)73-43)79-80(69,70)24-23-57-22-18-19-37-20-21-40-38(26-37)44(62)39(50(64)65)30-61(40)59(13)14/h20-21,26,30-36,41-43,45-49,52,57,63,68H,17-19,22-25,27-29H2,1-16H3,(H,64,65)/t31-,32-,33+,34-,35-,36+,41+,42-,43+,45-,46+,47-,48-,49+,52+,54-,55-,56-/m1/s1. The maximum absolute atomic E-state index is 14.8. The third kappa shape index (κ3) is 14.6. The highest BCUT2D eigenvalue weighted by Gasteiger charge is 2.59. The Hall–Kier alpha value is -4.05. The highest BCUT2D eigenvalue weighted by molar-refractivity contribution is 7.86. The van der Waals surface area contributed by atoms with Crippen molar-refractivity contribution in [2.75, 3.05) is 72.7 Å². The summed E-state index contributed by atoms with van der Waals surface area (Å²) in [5.41, 5.74) is -3.93. The number of likely N-dealkylation sites (N-methyl/N-ethyl adjacent to an activating group) is 2. The number of carboxylic acids is 1. The quantitative estimate of drug-likeness (QED) is 0.0937. The molecule has 80 heavy (non-hydrogen) atoms. The Morgan fingerprint density at radius 3 is 2.26 bits per heavy atom. The van der Waals surface area contributed by atoms with E-state index in [1.165, 1.54) is 13.3 Å². The molecule has 0 unspecified atom stereocenters. The van der Waals surface area contributed by atoms with Crippen LogP contribution in [0.5, 0.6) is 0 Å². The number of rotatable bonds is 18. The number of carbonyl (C=O) groups is 3. The first-order valence-corrected chi connectivity index (χ1v) is 29.6. The van der Waals surface area contributed by atoms with Crippen molar-refractivity contribution in [3.05, 3.63) is 45.7 Å². The van der Waals surface area contributed by atoms with Gasteiger partial charge < -0.3 is 68.4 Å². The van der Waals surface area contributed by atoms with E-state index < -0.39 is 124 Å². The van der Waals surface area contributed by atoms with Crippen LogP contribution in [0.15, 0.2) is 29.2 Å². The number of carbonyl (C=O) groups excluding carboxylic acids is 2. The van der Waals surface area contributed by atoms with Gasteiger partial charge in [0, 0.05) is 70.3 Å². The van der Waals surface area contributed by atoms with Gasteiger partial charge in [-0.15, -0.1) is 0 Å². The van der Waals surface area contributed by atoms with E-state index in [4.69, 9.17) is 42.1 Å². The second-order valence-corrected chi connectivity index (χ2v) is 25.7. The van der Waals surface area contributed by atoms with Crippen LogP contribution < -0.4 is 15.8 Å². The number of aliphatic hydroxyl groups excluding tert-OH is 1. The molecule has 454 valence electrons. The number of nitrogens with one attached hydrogen (secondary N) is 1. The Morgan fingerprint density at radius 1 is 0.950 bits per heavy atom. The molecule has 4 aliphatic rings. The average molecular weight is 1150 g/mol. The smallest absolute Gasteiger partial charge is 0.477 e. The van der Waals surface area contributed by atoms with Gasteiger partial charge in [-0.05, 0) is 132 Å². The number of ether oxygens (including phenoxy) is 8. The van der Waals surface area contributed by atoms with Crippen LogP contribution in [0.4, 0.5) is 4.79 Å². The molecule has 6 rings (SSSR count). The molecule has 0 radical (unpaired) electrons. The Bertz CT molecular complexity index is 2640. The van der Waals surface area contributed by atoms with E-state index in [9.17, 15) is 42.9 Å². The Kier molecular flexibility index (Phi) is 21.4. The topological polar surface area (TPSA) is 273 Å². The molecule has 1 aromatic heterocycles. The molecule has 0 aliphatic carbocycles. The Labute approximate surface area is 471 Å². The molecule has 23 nitrogen and oxygen atoms in total. The summed E-state index contributed by atoms with van der Waals surface area (Å²) in [5.74, 6) is -4.62. The lowest BCUT2D eigenvalue weighted by Gasteiger charge is -2.49. The van der Waals surface area contributed by atoms with Gasteiger partial charge >= 0.3 is 18.1 Å². The summed E-state index contributed by atoms with van der Waals surface area (Å²) >= 11 is 0. The molecule has 0 amide bonds. The number of carboxylic acid groups (broad SMARTS) is 1. The molecule has 18 atom stereocenters. The number of pyridine rings is 1. The van der Waals surface area contributed by atoms with Crippen molar-refractivity contribution in [1.82, 2.24) is 19.8 Å². The molecule has 0 bridgehead atoms. The zero-order chi connectivity index (χ0) is 59.6. The minimum Gasteiger partial charge on any atom is -0.477 e. The highest BCUT2D eigenvalue weighted by atomic mass is 32.2. The molecule has 0 spiro atoms. The van der Waals surface area contributed by atoms with E-state index in [2.05, 4.69) is 5.32 Å². The lowest BCUT2D eigenvalue weighted by Crippen LogP contribution is -2.61. The summed E-state index contributed by atoms with van der Waals surface area (Å²) in [6.07, 6.45) is -7.64. The molecular weight excluding hydrogens is 1060 g/mol. The molecular formula is C56H91N5O18S. The van der Waals surface area contributed by atoms with Crippen molar-refractivity contribution in [3.63, 3.8) is 0 Å². The molecule has 1 aromatic carbocycles. The number of fused-ring (bicyclic) bond motifs is 2. The summed E-state index contributed by atoms with van der Waals surface area (Å²) in [6.45, 7) is 18.6. The number of aromatic nitrogens is 1. The number of benzene rings is 1. The zero-order valence-electron chi connectivity index (χ0n) is 49.7. The summed E-state index contributed by atoms with van der Waals surface area (Å²) in [6, 6.07) is 4.57. The van der Waals surface area contributed by atoms with Crippen molar-refractivity contribution in [2.24, 2.45) is 17.8 Å². The fraction of sp³-hybridized carbons (Fsp3) is 0.786. The first-order chi connectivity index (χ1) is 37.3. The zero-order valence-corrected chi connectivity index (χ0v) is 50.5. The molecule has 24 heteroatoms. The number of esters is 1. The lowest BCUT2D eigenvalue weighted by atomic mass is 9.77. The summed E-state index contributed by atoms with van der Waals surface area (Å²) in [7, 11) is 6.32. The number of cyclic esters (lactones) is 1. The Balaban J connectivity index is 1.21. The van der Waals surface area contributed by atoms with E-state index in [0.29, 0.717) is 37.9 Å². The van der Waals surface area contributed by atoms with Gasteiger partial charge in [-0.3, -0.25) is 23.3 Å². The van der Waals surface area contributed by atoms with E-state index in [0.717, 1.165) is 5.56 Å².